The van der Waals surface area contributed by atoms with E-state index in [4.69, 9.17) is 10.00 Å². The second kappa shape index (κ2) is 4.28. The highest BCUT2D eigenvalue weighted by molar-refractivity contribution is 14.1. The Kier molecular flexibility index (Phi) is 3.58. The third-order valence-corrected chi connectivity index (χ3v) is 4.18. The van der Waals surface area contributed by atoms with Crippen LogP contribution < -0.4 is 4.74 Å². The van der Waals surface area contributed by atoms with Crippen LogP contribution in [0.3, 0.4) is 0 Å². The van der Waals surface area contributed by atoms with E-state index in [0.717, 1.165) is 7.14 Å². The molecule has 0 heterocycles. The highest BCUT2D eigenvalue weighted by atomic mass is 127. The molecule has 4 heteroatoms. The third-order valence-electron chi connectivity index (χ3n) is 1.36. The summed E-state index contributed by atoms with van der Waals surface area (Å²) in [6.07, 6.45) is 0. The summed E-state index contributed by atoms with van der Waals surface area (Å²) in [5.74, 6) is 0.641. The molecular weight excluding hydrogens is 380 g/mol. The van der Waals surface area contributed by atoms with Crippen molar-refractivity contribution in [2.75, 3.05) is 7.11 Å². The Morgan fingerprint density at radius 1 is 1.33 bits per heavy atom. The van der Waals surface area contributed by atoms with Crippen molar-refractivity contribution in [1.29, 1.82) is 5.26 Å². The zero-order valence-corrected chi connectivity index (χ0v) is 10.6. The lowest BCUT2D eigenvalue weighted by Crippen LogP contribution is -1.90. The van der Waals surface area contributed by atoms with E-state index in [1.54, 1.807) is 7.11 Å². The maximum absolute atomic E-state index is 8.73. The molecule has 0 fully saturated rings. The van der Waals surface area contributed by atoms with Crippen LogP contribution in [0, 0.1) is 18.5 Å². The van der Waals surface area contributed by atoms with Crippen molar-refractivity contribution in [2.24, 2.45) is 0 Å². The Morgan fingerprint density at radius 2 is 1.92 bits per heavy atom. The average Bonchev–Trinajstić information content (AvgIpc) is 2.09. The third kappa shape index (κ3) is 2.01. The molecule has 0 aliphatic rings. The maximum atomic E-state index is 8.73. The first-order chi connectivity index (χ1) is 5.69. The van der Waals surface area contributed by atoms with Crippen molar-refractivity contribution in [2.45, 2.75) is 0 Å². The van der Waals surface area contributed by atoms with Gasteiger partial charge in [0.2, 0.25) is 0 Å². The fourth-order valence-corrected chi connectivity index (χ4v) is 1.69. The van der Waals surface area contributed by atoms with E-state index < -0.39 is 0 Å². The van der Waals surface area contributed by atoms with Crippen molar-refractivity contribution in [3.05, 3.63) is 24.8 Å². The number of hydrogen-bond acceptors (Lipinski definition) is 2. The van der Waals surface area contributed by atoms with Crippen LogP contribution in [-0.4, -0.2) is 7.11 Å². The largest absolute Gasteiger partial charge is 0.495 e. The molecule has 0 saturated carbocycles. The van der Waals surface area contributed by atoms with Crippen molar-refractivity contribution in [1.82, 2.24) is 0 Å². The van der Waals surface area contributed by atoms with Gasteiger partial charge in [-0.1, -0.05) is 0 Å². The first kappa shape index (κ1) is 10.1. The van der Waals surface area contributed by atoms with E-state index in [1.807, 2.05) is 12.1 Å². The Bertz CT molecular complexity index is 344. The standard InChI is InChI=1S/C8H5I2NO/c1-12-8-3-7(10)6(9)2-5(8)4-11/h2-3H,1H3. The Labute approximate surface area is 98.2 Å². The number of benzene rings is 1. The van der Waals surface area contributed by atoms with Gasteiger partial charge < -0.3 is 4.74 Å². The summed E-state index contributed by atoms with van der Waals surface area (Å²) >= 11 is 4.40. The molecule has 0 amide bonds. The topological polar surface area (TPSA) is 33.0 Å². The van der Waals surface area contributed by atoms with Gasteiger partial charge >= 0.3 is 0 Å². The van der Waals surface area contributed by atoms with E-state index in [-0.39, 0.29) is 0 Å². The predicted octanol–water partition coefficient (Wildman–Crippen LogP) is 2.78. The van der Waals surface area contributed by atoms with Crippen LogP contribution in [0.2, 0.25) is 0 Å². The van der Waals surface area contributed by atoms with Gasteiger partial charge in [0, 0.05) is 7.14 Å². The Hall–Kier alpha value is -0.0300. The molecule has 0 bridgehead atoms. The number of hydrogen-bond donors (Lipinski definition) is 0. The predicted molar refractivity (Wildman–Crippen MR) is 63.1 cm³/mol. The number of halogens is 2. The van der Waals surface area contributed by atoms with Crippen LogP contribution in [0.1, 0.15) is 5.56 Å². The summed E-state index contributed by atoms with van der Waals surface area (Å²) < 4.78 is 7.22. The van der Waals surface area contributed by atoms with Crippen molar-refractivity contribution < 1.29 is 4.74 Å². The molecule has 2 nitrogen and oxygen atoms in total. The molecule has 0 atom stereocenters. The maximum Gasteiger partial charge on any atom is 0.137 e. The fourth-order valence-electron chi connectivity index (χ4n) is 0.785. The normalized spacial score (nSPS) is 9.17. The highest BCUT2D eigenvalue weighted by Crippen LogP contribution is 2.25. The van der Waals surface area contributed by atoms with Gasteiger partial charge in [-0.05, 0) is 57.3 Å². The van der Waals surface area contributed by atoms with E-state index in [9.17, 15) is 0 Å². The molecule has 0 unspecified atom stereocenters. The minimum absolute atomic E-state index is 0.585. The molecule has 0 aromatic heterocycles. The molecule has 1 rings (SSSR count). The lowest BCUT2D eigenvalue weighted by atomic mass is 10.2. The van der Waals surface area contributed by atoms with Gasteiger partial charge in [0.15, 0.2) is 0 Å². The highest BCUT2D eigenvalue weighted by Gasteiger charge is 2.05. The summed E-state index contributed by atoms with van der Waals surface area (Å²) in [6.45, 7) is 0. The van der Waals surface area contributed by atoms with Gasteiger partial charge in [-0.3, -0.25) is 0 Å². The molecule has 1 aromatic rings. The number of ether oxygens (including phenoxy) is 1. The van der Waals surface area contributed by atoms with Crippen LogP contribution in [0.25, 0.3) is 0 Å². The number of rotatable bonds is 1. The zero-order chi connectivity index (χ0) is 9.14. The van der Waals surface area contributed by atoms with Crippen LogP contribution >= 0.6 is 45.2 Å². The quantitative estimate of drug-likeness (QED) is 0.697. The van der Waals surface area contributed by atoms with Crippen molar-refractivity contribution in [3.63, 3.8) is 0 Å². The van der Waals surface area contributed by atoms with Gasteiger partial charge in [0.05, 0.1) is 12.7 Å². The van der Waals surface area contributed by atoms with Crippen molar-refractivity contribution >= 4 is 45.2 Å². The molecule has 1 aromatic carbocycles. The Balaban J connectivity index is 3.31. The van der Waals surface area contributed by atoms with Crippen LogP contribution in [0.5, 0.6) is 5.75 Å². The summed E-state index contributed by atoms with van der Waals surface area (Å²) in [4.78, 5) is 0. The second-order valence-corrected chi connectivity index (χ2v) is 4.40. The lowest BCUT2D eigenvalue weighted by molar-refractivity contribution is 0.413. The lowest BCUT2D eigenvalue weighted by Gasteiger charge is -2.03. The van der Waals surface area contributed by atoms with E-state index in [2.05, 4.69) is 51.3 Å². The molecule has 0 spiro atoms. The summed E-state index contributed by atoms with van der Waals surface area (Å²) in [5, 5.41) is 8.73. The van der Waals surface area contributed by atoms with E-state index >= 15 is 0 Å². The smallest absolute Gasteiger partial charge is 0.137 e. The average molecular weight is 385 g/mol. The first-order valence-corrected chi connectivity index (χ1v) is 5.28. The minimum atomic E-state index is 0.585. The summed E-state index contributed by atoms with van der Waals surface area (Å²) in [5.41, 5.74) is 0.585. The molecule has 0 radical (unpaired) electrons. The Morgan fingerprint density at radius 3 is 2.42 bits per heavy atom. The molecule has 0 aliphatic carbocycles. The monoisotopic (exact) mass is 385 g/mol. The van der Waals surface area contributed by atoms with Gasteiger partial charge in [-0.2, -0.15) is 5.26 Å². The molecule has 0 aliphatic heterocycles. The van der Waals surface area contributed by atoms with Gasteiger partial charge in [0.25, 0.3) is 0 Å². The summed E-state index contributed by atoms with van der Waals surface area (Å²) in [7, 11) is 1.57. The van der Waals surface area contributed by atoms with Crippen molar-refractivity contribution in [3.8, 4) is 11.8 Å². The van der Waals surface area contributed by atoms with Gasteiger partial charge in [-0.25, -0.2) is 0 Å². The SMILES string of the molecule is COc1cc(I)c(I)cc1C#N. The van der Waals surface area contributed by atoms with Gasteiger partial charge in [0.1, 0.15) is 11.8 Å². The summed E-state index contributed by atoms with van der Waals surface area (Å²) in [6, 6.07) is 5.76. The van der Waals surface area contributed by atoms with Crippen LogP contribution in [0.15, 0.2) is 12.1 Å². The van der Waals surface area contributed by atoms with E-state index in [0.29, 0.717) is 11.3 Å². The molecule has 12 heavy (non-hydrogen) atoms. The molecule has 0 saturated heterocycles. The van der Waals surface area contributed by atoms with E-state index in [1.165, 1.54) is 0 Å². The first-order valence-electron chi connectivity index (χ1n) is 3.12. The minimum Gasteiger partial charge on any atom is -0.495 e. The zero-order valence-electron chi connectivity index (χ0n) is 6.27. The fraction of sp³-hybridized carbons (Fsp3) is 0.125. The number of methoxy groups -OCH3 is 1. The number of nitrogens with zero attached hydrogens (tertiary/aromatic N) is 1. The molecule has 62 valence electrons. The van der Waals surface area contributed by atoms with Crippen LogP contribution in [-0.2, 0) is 0 Å². The second-order valence-electron chi connectivity index (χ2n) is 2.08. The molecular formula is C8H5I2NO. The molecule has 0 N–H and O–H groups in total. The van der Waals surface area contributed by atoms with Crippen LogP contribution in [0.4, 0.5) is 0 Å². The van der Waals surface area contributed by atoms with Gasteiger partial charge in [-0.15, -0.1) is 0 Å². The number of nitriles is 1.